The number of aromatic nitrogens is 2. The highest BCUT2D eigenvalue weighted by Gasteiger charge is 2.30. The fraction of sp³-hybridized carbons (Fsp3) is 0.500. The molecule has 23 heavy (non-hydrogen) atoms. The predicted molar refractivity (Wildman–Crippen MR) is 75.4 cm³/mol. The fourth-order valence-corrected chi connectivity index (χ4v) is 2.65. The SMILES string of the molecule is CC(C)(C)S(=O)(=O)CC(N)=NOS(=O)(=O)c1nnc(F)cc1F. The summed E-state index contributed by atoms with van der Waals surface area (Å²) in [7, 11) is -8.60. The van der Waals surface area contributed by atoms with Gasteiger partial charge in [-0.3, -0.25) is 4.28 Å². The van der Waals surface area contributed by atoms with Crippen molar-refractivity contribution in [1.82, 2.24) is 10.2 Å². The minimum Gasteiger partial charge on any atom is -0.384 e. The van der Waals surface area contributed by atoms with E-state index in [2.05, 4.69) is 19.6 Å². The minimum atomic E-state index is -4.87. The third kappa shape index (κ3) is 4.79. The first-order valence-electron chi connectivity index (χ1n) is 5.93. The minimum absolute atomic E-state index is 0.181. The van der Waals surface area contributed by atoms with Gasteiger partial charge in [0.1, 0.15) is 5.75 Å². The van der Waals surface area contributed by atoms with Crippen LogP contribution in [0.5, 0.6) is 0 Å². The van der Waals surface area contributed by atoms with Gasteiger partial charge in [-0.25, -0.2) is 12.8 Å². The van der Waals surface area contributed by atoms with Gasteiger partial charge in [-0.2, -0.15) is 12.8 Å². The van der Waals surface area contributed by atoms with E-state index in [1.165, 1.54) is 20.8 Å². The highest BCUT2D eigenvalue weighted by atomic mass is 32.2. The molecule has 0 bridgehead atoms. The number of rotatable bonds is 5. The van der Waals surface area contributed by atoms with Crippen LogP contribution in [-0.4, -0.2) is 43.4 Å². The summed E-state index contributed by atoms with van der Waals surface area (Å²) in [6.45, 7) is 4.24. The molecule has 1 heterocycles. The van der Waals surface area contributed by atoms with E-state index in [1.54, 1.807) is 0 Å². The maximum atomic E-state index is 13.3. The molecule has 0 aromatic carbocycles. The molecule has 0 atom stereocenters. The smallest absolute Gasteiger partial charge is 0.381 e. The standard InChI is InChI=1S/C10H14F2N4O5S2/c1-10(2,3)22(17,18)5-8(13)16-21-23(19,20)9-6(11)4-7(12)14-15-9/h4H,5H2,1-3H3,(H2,13,16). The molecule has 2 N–H and O–H groups in total. The lowest BCUT2D eigenvalue weighted by molar-refractivity contribution is 0.330. The molecule has 0 saturated carbocycles. The number of nitrogens with zero attached hydrogens (tertiary/aromatic N) is 3. The molecule has 0 unspecified atom stereocenters. The van der Waals surface area contributed by atoms with Crippen molar-refractivity contribution < 1.29 is 29.9 Å². The summed E-state index contributed by atoms with van der Waals surface area (Å²) in [5.74, 6) is -4.32. The first-order chi connectivity index (χ1) is 10.3. The molecule has 0 amide bonds. The van der Waals surface area contributed by atoms with Crippen LogP contribution in [0.3, 0.4) is 0 Å². The number of hydrogen-bond acceptors (Lipinski definition) is 8. The molecule has 0 fully saturated rings. The van der Waals surface area contributed by atoms with Crippen LogP contribution < -0.4 is 5.73 Å². The van der Waals surface area contributed by atoms with E-state index in [1.807, 2.05) is 0 Å². The third-order valence-corrected chi connectivity index (χ3v) is 6.01. The summed E-state index contributed by atoms with van der Waals surface area (Å²) in [6.07, 6.45) is 0. The molecule has 130 valence electrons. The zero-order chi connectivity index (χ0) is 18.1. The molecular formula is C10H14F2N4O5S2. The van der Waals surface area contributed by atoms with Crippen LogP contribution in [0.1, 0.15) is 20.8 Å². The number of halogens is 2. The highest BCUT2D eigenvalue weighted by molar-refractivity contribution is 7.93. The van der Waals surface area contributed by atoms with Crippen LogP contribution in [-0.2, 0) is 24.2 Å². The van der Waals surface area contributed by atoms with Crippen molar-refractivity contribution in [2.24, 2.45) is 10.9 Å². The molecule has 1 aromatic rings. The van der Waals surface area contributed by atoms with Gasteiger partial charge in [0.2, 0.25) is 5.95 Å². The first-order valence-corrected chi connectivity index (χ1v) is 8.99. The number of sulfone groups is 1. The second-order valence-electron chi connectivity index (χ2n) is 5.30. The van der Waals surface area contributed by atoms with Crippen molar-refractivity contribution in [2.45, 2.75) is 30.5 Å². The van der Waals surface area contributed by atoms with Gasteiger partial charge in [-0.05, 0) is 20.8 Å². The van der Waals surface area contributed by atoms with E-state index in [4.69, 9.17) is 5.73 Å². The summed E-state index contributed by atoms with van der Waals surface area (Å²) in [5, 5.41) is 7.16. The van der Waals surface area contributed by atoms with Gasteiger partial charge in [-0.1, -0.05) is 5.16 Å². The predicted octanol–water partition coefficient (Wildman–Crippen LogP) is -0.0544. The summed E-state index contributed by atoms with van der Waals surface area (Å²) in [5.41, 5.74) is 5.30. The lowest BCUT2D eigenvalue weighted by Crippen LogP contribution is -2.36. The normalized spacial score (nSPS) is 13.9. The molecular weight excluding hydrogens is 358 g/mol. The van der Waals surface area contributed by atoms with Crippen molar-refractivity contribution in [1.29, 1.82) is 0 Å². The average molecular weight is 372 g/mol. The molecule has 0 aliphatic rings. The second-order valence-corrected chi connectivity index (χ2v) is 9.49. The van der Waals surface area contributed by atoms with Gasteiger partial charge >= 0.3 is 10.1 Å². The van der Waals surface area contributed by atoms with Crippen LogP contribution in [0.15, 0.2) is 16.2 Å². The zero-order valence-electron chi connectivity index (χ0n) is 12.3. The number of nitrogens with two attached hydrogens (primary N) is 1. The van der Waals surface area contributed by atoms with E-state index < -0.39 is 53.1 Å². The maximum Gasteiger partial charge on any atom is 0.381 e. The topological polar surface area (TPSA) is 142 Å². The molecule has 0 aliphatic heterocycles. The molecule has 0 radical (unpaired) electrons. The van der Waals surface area contributed by atoms with Crippen LogP contribution >= 0.6 is 0 Å². The van der Waals surface area contributed by atoms with Gasteiger partial charge in [0.15, 0.2) is 21.5 Å². The van der Waals surface area contributed by atoms with Crippen molar-refractivity contribution in [3.05, 3.63) is 17.8 Å². The lowest BCUT2D eigenvalue weighted by atomic mass is 10.3. The Hall–Kier alpha value is -1.89. The molecule has 1 aromatic heterocycles. The van der Waals surface area contributed by atoms with Crippen LogP contribution in [0.25, 0.3) is 0 Å². The molecule has 9 nitrogen and oxygen atoms in total. The number of oxime groups is 1. The Morgan fingerprint density at radius 1 is 1.26 bits per heavy atom. The summed E-state index contributed by atoms with van der Waals surface area (Å²) in [4.78, 5) is 0. The molecule has 0 saturated heterocycles. The van der Waals surface area contributed by atoms with Gasteiger partial charge < -0.3 is 5.73 Å². The van der Waals surface area contributed by atoms with Crippen LogP contribution in [0, 0.1) is 11.8 Å². The third-order valence-electron chi connectivity index (χ3n) is 2.45. The summed E-state index contributed by atoms with van der Waals surface area (Å²) < 4.78 is 75.8. The van der Waals surface area contributed by atoms with Crippen molar-refractivity contribution in [3.63, 3.8) is 0 Å². The number of amidine groups is 1. The van der Waals surface area contributed by atoms with Gasteiger partial charge in [-0.15, -0.1) is 10.2 Å². The van der Waals surface area contributed by atoms with Crippen molar-refractivity contribution >= 4 is 25.8 Å². The van der Waals surface area contributed by atoms with E-state index in [0.29, 0.717) is 0 Å². The van der Waals surface area contributed by atoms with E-state index >= 15 is 0 Å². The first kappa shape index (κ1) is 19.2. The van der Waals surface area contributed by atoms with E-state index in [0.717, 1.165) is 0 Å². The average Bonchev–Trinajstić information content (AvgIpc) is 2.34. The van der Waals surface area contributed by atoms with E-state index in [-0.39, 0.29) is 6.07 Å². The van der Waals surface area contributed by atoms with Gasteiger partial charge in [0.05, 0.1) is 4.75 Å². The quantitative estimate of drug-likeness (QED) is 0.430. The highest BCUT2D eigenvalue weighted by Crippen LogP contribution is 2.16. The molecule has 0 spiro atoms. The second kappa shape index (κ2) is 6.31. The van der Waals surface area contributed by atoms with E-state index in [9.17, 15) is 25.6 Å². The molecule has 1 rings (SSSR count). The fourth-order valence-electron chi connectivity index (χ4n) is 1.08. The Kier molecular flexibility index (Phi) is 5.26. The van der Waals surface area contributed by atoms with Crippen LogP contribution in [0.4, 0.5) is 8.78 Å². The van der Waals surface area contributed by atoms with Crippen molar-refractivity contribution in [3.8, 4) is 0 Å². The molecule has 0 aliphatic carbocycles. The Morgan fingerprint density at radius 3 is 2.30 bits per heavy atom. The number of hydrogen-bond donors (Lipinski definition) is 1. The van der Waals surface area contributed by atoms with Crippen LogP contribution in [0.2, 0.25) is 0 Å². The van der Waals surface area contributed by atoms with Crippen molar-refractivity contribution in [2.75, 3.05) is 5.75 Å². The Bertz CT molecular complexity index is 831. The van der Waals surface area contributed by atoms with Gasteiger partial charge in [0.25, 0.3) is 5.03 Å². The summed E-state index contributed by atoms with van der Waals surface area (Å²) >= 11 is 0. The Morgan fingerprint density at radius 2 is 1.83 bits per heavy atom. The monoisotopic (exact) mass is 372 g/mol. The lowest BCUT2D eigenvalue weighted by Gasteiger charge is -2.18. The maximum absolute atomic E-state index is 13.3. The zero-order valence-corrected chi connectivity index (χ0v) is 14.0. The summed E-state index contributed by atoms with van der Waals surface area (Å²) in [6, 6.07) is 0.181. The Balaban J connectivity index is 2.99. The van der Waals surface area contributed by atoms with Gasteiger partial charge in [0, 0.05) is 6.07 Å². The Labute approximate surface area is 131 Å². The largest absolute Gasteiger partial charge is 0.384 e. The molecule has 13 heteroatoms.